The van der Waals surface area contributed by atoms with Crippen LogP contribution in [0.3, 0.4) is 0 Å². The van der Waals surface area contributed by atoms with Crippen LogP contribution in [0.4, 0.5) is 4.39 Å². The number of fused-ring (bicyclic) bond motifs is 1. The molecule has 1 heterocycles. The predicted molar refractivity (Wildman–Crippen MR) is 80.3 cm³/mol. The minimum atomic E-state index is -0.226. The van der Waals surface area contributed by atoms with Crippen molar-refractivity contribution in [2.24, 2.45) is 0 Å². The zero-order valence-electron chi connectivity index (χ0n) is 12.6. The standard InChI is InChI=1S/C16H23FN2O/c1-10(2)18-8-11(3)19-9-16-12(4)14-7-13(17)5-6-15(14)20-16/h5-7,10-11,18-19H,8-9H2,1-4H3. The summed E-state index contributed by atoms with van der Waals surface area (Å²) in [5, 5.41) is 7.66. The third-order valence-corrected chi connectivity index (χ3v) is 3.44. The van der Waals surface area contributed by atoms with Crippen molar-refractivity contribution in [1.82, 2.24) is 10.6 Å². The van der Waals surface area contributed by atoms with Gasteiger partial charge < -0.3 is 15.1 Å². The summed E-state index contributed by atoms with van der Waals surface area (Å²) in [6.45, 7) is 9.93. The lowest BCUT2D eigenvalue weighted by atomic mass is 10.1. The van der Waals surface area contributed by atoms with Crippen LogP contribution in [0.1, 0.15) is 32.1 Å². The second-order valence-electron chi connectivity index (χ2n) is 5.64. The van der Waals surface area contributed by atoms with E-state index in [0.717, 1.165) is 28.8 Å². The van der Waals surface area contributed by atoms with Crippen LogP contribution in [0.2, 0.25) is 0 Å². The third kappa shape index (κ3) is 3.58. The van der Waals surface area contributed by atoms with E-state index in [2.05, 4.69) is 31.4 Å². The van der Waals surface area contributed by atoms with Crippen molar-refractivity contribution < 1.29 is 8.81 Å². The summed E-state index contributed by atoms with van der Waals surface area (Å²) in [5.41, 5.74) is 1.75. The Bertz CT molecular complexity index is 577. The summed E-state index contributed by atoms with van der Waals surface area (Å²) in [7, 11) is 0. The van der Waals surface area contributed by atoms with Crippen molar-refractivity contribution in [3.63, 3.8) is 0 Å². The van der Waals surface area contributed by atoms with Gasteiger partial charge in [0.1, 0.15) is 17.2 Å². The van der Waals surface area contributed by atoms with E-state index in [4.69, 9.17) is 4.42 Å². The van der Waals surface area contributed by atoms with Gasteiger partial charge in [-0.2, -0.15) is 0 Å². The Morgan fingerprint density at radius 3 is 2.65 bits per heavy atom. The molecule has 4 heteroatoms. The van der Waals surface area contributed by atoms with Gasteiger partial charge in [0, 0.05) is 24.0 Å². The molecule has 110 valence electrons. The SMILES string of the molecule is Cc1c(CNC(C)CNC(C)C)oc2ccc(F)cc12. The van der Waals surface area contributed by atoms with Crippen LogP contribution < -0.4 is 10.6 Å². The van der Waals surface area contributed by atoms with Crippen LogP contribution in [0.25, 0.3) is 11.0 Å². The molecule has 0 fully saturated rings. The number of aryl methyl sites for hydroxylation is 1. The average Bonchev–Trinajstić information content (AvgIpc) is 2.71. The van der Waals surface area contributed by atoms with Crippen molar-refractivity contribution in [3.8, 4) is 0 Å². The van der Waals surface area contributed by atoms with E-state index in [1.165, 1.54) is 12.1 Å². The number of rotatable bonds is 6. The van der Waals surface area contributed by atoms with Crippen LogP contribution >= 0.6 is 0 Å². The average molecular weight is 278 g/mol. The van der Waals surface area contributed by atoms with Gasteiger partial charge in [0.05, 0.1) is 6.54 Å². The molecule has 0 amide bonds. The Morgan fingerprint density at radius 1 is 1.20 bits per heavy atom. The van der Waals surface area contributed by atoms with Crippen molar-refractivity contribution >= 4 is 11.0 Å². The Labute approximate surface area is 119 Å². The van der Waals surface area contributed by atoms with E-state index < -0.39 is 0 Å². The lowest BCUT2D eigenvalue weighted by molar-refractivity contribution is 0.441. The molecule has 1 atom stereocenters. The molecule has 0 aliphatic rings. The fourth-order valence-corrected chi connectivity index (χ4v) is 2.16. The first-order valence-corrected chi connectivity index (χ1v) is 7.11. The third-order valence-electron chi connectivity index (χ3n) is 3.44. The molecule has 1 unspecified atom stereocenters. The highest BCUT2D eigenvalue weighted by Gasteiger charge is 2.12. The molecule has 0 aliphatic heterocycles. The molecule has 0 bridgehead atoms. The lowest BCUT2D eigenvalue weighted by Gasteiger charge is -2.16. The molecule has 20 heavy (non-hydrogen) atoms. The molecule has 0 spiro atoms. The zero-order chi connectivity index (χ0) is 14.7. The van der Waals surface area contributed by atoms with Gasteiger partial charge in [0.2, 0.25) is 0 Å². The largest absolute Gasteiger partial charge is 0.459 e. The number of hydrogen-bond donors (Lipinski definition) is 2. The minimum Gasteiger partial charge on any atom is -0.459 e. The van der Waals surface area contributed by atoms with E-state index >= 15 is 0 Å². The van der Waals surface area contributed by atoms with Crippen LogP contribution in [0, 0.1) is 12.7 Å². The highest BCUT2D eigenvalue weighted by atomic mass is 19.1. The maximum Gasteiger partial charge on any atom is 0.134 e. The highest BCUT2D eigenvalue weighted by molar-refractivity contribution is 5.82. The Hall–Kier alpha value is -1.39. The van der Waals surface area contributed by atoms with E-state index in [1.807, 2.05) is 6.92 Å². The van der Waals surface area contributed by atoms with Gasteiger partial charge in [-0.05, 0) is 37.6 Å². The molecule has 2 aromatic rings. The monoisotopic (exact) mass is 278 g/mol. The first-order valence-electron chi connectivity index (χ1n) is 7.11. The summed E-state index contributed by atoms with van der Waals surface area (Å²) in [5.74, 6) is 0.650. The van der Waals surface area contributed by atoms with Gasteiger partial charge in [-0.1, -0.05) is 13.8 Å². The first-order chi connectivity index (χ1) is 9.47. The molecule has 1 aromatic carbocycles. The molecule has 0 saturated carbocycles. The second-order valence-corrected chi connectivity index (χ2v) is 5.64. The van der Waals surface area contributed by atoms with Crippen molar-refractivity contribution in [1.29, 1.82) is 0 Å². The van der Waals surface area contributed by atoms with E-state index in [1.54, 1.807) is 6.07 Å². The Kier molecular flexibility index (Phi) is 4.78. The van der Waals surface area contributed by atoms with Crippen LogP contribution in [0.5, 0.6) is 0 Å². The van der Waals surface area contributed by atoms with Gasteiger partial charge in [-0.3, -0.25) is 0 Å². The molecule has 2 rings (SSSR count). The fraction of sp³-hybridized carbons (Fsp3) is 0.500. The topological polar surface area (TPSA) is 37.2 Å². The van der Waals surface area contributed by atoms with Crippen LogP contribution in [-0.2, 0) is 6.54 Å². The number of benzene rings is 1. The number of nitrogens with one attached hydrogen (secondary N) is 2. The molecule has 0 radical (unpaired) electrons. The Balaban J connectivity index is 2.01. The molecule has 2 N–H and O–H groups in total. The van der Waals surface area contributed by atoms with Gasteiger partial charge in [0.25, 0.3) is 0 Å². The highest BCUT2D eigenvalue weighted by Crippen LogP contribution is 2.25. The fourth-order valence-electron chi connectivity index (χ4n) is 2.16. The summed E-state index contributed by atoms with van der Waals surface area (Å²) >= 11 is 0. The van der Waals surface area contributed by atoms with Gasteiger partial charge >= 0.3 is 0 Å². The van der Waals surface area contributed by atoms with E-state index in [9.17, 15) is 4.39 Å². The minimum absolute atomic E-state index is 0.226. The lowest BCUT2D eigenvalue weighted by Crippen LogP contribution is -2.38. The summed E-state index contributed by atoms with van der Waals surface area (Å²) in [6.07, 6.45) is 0. The predicted octanol–water partition coefficient (Wildman–Crippen LogP) is 3.36. The normalized spacial score (nSPS) is 13.3. The molecule has 3 nitrogen and oxygen atoms in total. The van der Waals surface area contributed by atoms with Crippen molar-refractivity contribution in [2.45, 2.75) is 46.3 Å². The van der Waals surface area contributed by atoms with E-state index in [-0.39, 0.29) is 5.82 Å². The molecular weight excluding hydrogens is 255 g/mol. The molecular formula is C16H23FN2O. The quantitative estimate of drug-likeness (QED) is 0.851. The summed E-state index contributed by atoms with van der Waals surface area (Å²) in [4.78, 5) is 0. The summed E-state index contributed by atoms with van der Waals surface area (Å²) in [6, 6.07) is 5.47. The van der Waals surface area contributed by atoms with E-state index in [0.29, 0.717) is 18.6 Å². The number of hydrogen-bond acceptors (Lipinski definition) is 3. The Morgan fingerprint density at radius 2 is 1.95 bits per heavy atom. The molecule has 0 saturated heterocycles. The smallest absolute Gasteiger partial charge is 0.134 e. The number of halogens is 1. The number of furan rings is 1. The zero-order valence-corrected chi connectivity index (χ0v) is 12.6. The maximum absolute atomic E-state index is 13.3. The maximum atomic E-state index is 13.3. The molecule has 0 aliphatic carbocycles. The van der Waals surface area contributed by atoms with Crippen LogP contribution in [-0.4, -0.2) is 18.6 Å². The van der Waals surface area contributed by atoms with Crippen molar-refractivity contribution in [3.05, 3.63) is 35.3 Å². The molecule has 1 aromatic heterocycles. The van der Waals surface area contributed by atoms with Crippen LogP contribution in [0.15, 0.2) is 22.6 Å². The van der Waals surface area contributed by atoms with Crippen molar-refractivity contribution in [2.75, 3.05) is 6.54 Å². The van der Waals surface area contributed by atoms with Gasteiger partial charge in [-0.15, -0.1) is 0 Å². The van der Waals surface area contributed by atoms with Gasteiger partial charge in [-0.25, -0.2) is 4.39 Å². The van der Waals surface area contributed by atoms with Gasteiger partial charge in [0.15, 0.2) is 0 Å². The second kappa shape index (κ2) is 6.37. The first kappa shape index (κ1) is 15.0. The summed E-state index contributed by atoms with van der Waals surface area (Å²) < 4.78 is 19.0.